The number of nitrogens with zero attached hydrogens (tertiary/aromatic N) is 3. The van der Waals surface area contributed by atoms with E-state index in [4.69, 9.17) is 0 Å². The van der Waals surface area contributed by atoms with Crippen LogP contribution in [0, 0.1) is 6.92 Å². The quantitative estimate of drug-likeness (QED) is 0.597. The Kier molecular flexibility index (Phi) is 4.06. The summed E-state index contributed by atoms with van der Waals surface area (Å²) in [6.07, 6.45) is 1.71. The summed E-state index contributed by atoms with van der Waals surface area (Å²) in [5.74, 6) is -0.141. The van der Waals surface area contributed by atoms with Crippen molar-refractivity contribution in [3.05, 3.63) is 51.3 Å². The van der Waals surface area contributed by atoms with Gasteiger partial charge in [0.15, 0.2) is 0 Å². The van der Waals surface area contributed by atoms with Crippen LogP contribution in [0.25, 0.3) is 20.4 Å². The first kappa shape index (κ1) is 15.9. The molecule has 4 aromatic rings. The lowest BCUT2D eigenvalue weighted by molar-refractivity contribution is -0.116. The Morgan fingerprint density at radius 2 is 2.20 bits per heavy atom. The summed E-state index contributed by atoms with van der Waals surface area (Å²) in [6, 6.07) is 7.42. The lowest BCUT2D eigenvalue weighted by atomic mass is 10.3. The fourth-order valence-electron chi connectivity index (χ4n) is 2.62. The van der Waals surface area contributed by atoms with Gasteiger partial charge in [0.2, 0.25) is 5.91 Å². The van der Waals surface area contributed by atoms with Crippen molar-refractivity contribution in [1.82, 2.24) is 14.5 Å². The first-order chi connectivity index (χ1) is 12.1. The van der Waals surface area contributed by atoms with E-state index in [-0.39, 0.29) is 17.9 Å². The predicted octanol–water partition coefficient (Wildman–Crippen LogP) is 3.40. The molecule has 0 aliphatic heterocycles. The lowest BCUT2D eigenvalue weighted by Gasteiger charge is -2.07. The molecule has 0 saturated heterocycles. The van der Waals surface area contributed by atoms with Crippen molar-refractivity contribution in [2.75, 3.05) is 5.32 Å². The van der Waals surface area contributed by atoms with E-state index in [1.54, 1.807) is 17.4 Å². The van der Waals surface area contributed by atoms with Gasteiger partial charge < -0.3 is 5.32 Å². The van der Waals surface area contributed by atoms with E-state index in [9.17, 15) is 9.59 Å². The molecule has 0 fully saturated rings. The minimum atomic E-state index is -0.141. The van der Waals surface area contributed by atoms with Gasteiger partial charge in [0.25, 0.3) is 5.56 Å². The van der Waals surface area contributed by atoms with Gasteiger partial charge in [-0.3, -0.25) is 14.2 Å². The normalized spacial score (nSPS) is 11.2. The number of amides is 1. The molecule has 0 unspecified atom stereocenters. The molecule has 126 valence electrons. The molecular formula is C17H14N4O2S2. The first-order valence-electron chi connectivity index (χ1n) is 7.70. The van der Waals surface area contributed by atoms with Gasteiger partial charge in [0, 0.05) is 18.7 Å². The topological polar surface area (TPSA) is 76.9 Å². The maximum atomic E-state index is 12.3. The molecule has 4 rings (SSSR count). The number of aryl methyl sites for hydroxylation is 2. The smallest absolute Gasteiger partial charge is 0.262 e. The highest BCUT2D eigenvalue weighted by atomic mass is 32.1. The number of benzene rings is 1. The Hall–Kier alpha value is -2.58. The van der Waals surface area contributed by atoms with E-state index in [1.807, 2.05) is 30.5 Å². The van der Waals surface area contributed by atoms with Crippen LogP contribution in [0.3, 0.4) is 0 Å². The Labute approximate surface area is 150 Å². The molecule has 0 bridgehead atoms. The summed E-state index contributed by atoms with van der Waals surface area (Å²) in [5, 5.41) is 6.30. The summed E-state index contributed by atoms with van der Waals surface area (Å²) < 4.78 is 2.52. The van der Waals surface area contributed by atoms with Crippen molar-refractivity contribution >= 4 is 54.7 Å². The van der Waals surface area contributed by atoms with Crippen molar-refractivity contribution in [3.8, 4) is 0 Å². The van der Waals surface area contributed by atoms with Crippen LogP contribution in [0.2, 0.25) is 0 Å². The van der Waals surface area contributed by atoms with Gasteiger partial charge in [-0.2, -0.15) is 0 Å². The van der Waals surface area contributed by atoms with Gasteiger partial charge in [-0.05, 0) is 36.6 Å². The zero-order chi connectivity index (χ0) is 17.4. The third kappa shape index (κ3) is 3.18. The Bertz CT molecular complexity index is 1140. The van der Waals surface area contributed by atoms with Crippen LogP contribution in [0.15, 0.2) is 40.8 Å². The van der Waals surface area contributed by atoms with Crippen molar-refractivity contribution in [2.45, 2.75) is 19.9 Å². The minimum Gasteiger partial charge on any atom is -0.326 e. The highest BCUT2D eigenvalue weighted by Crippen LogP contribution is 2.24. The molecule has 1 amide bonds. The number of carbonyl (C=O) groups is 1. The first-order valence-corrected chi connectivity index (χ1v) is 9.39. The van der Waals surface area contributed by atoms with Gasteiger partial charge in [0.05, 0.1) is 26.9 Å². The predicted molar refractivity (Wildman–Crippen MR) is 101 cm³/mol. The number of fused-ring (bicyclic) bond motifs is 2. The summed E-state index contributed by atoms with van der Waals surface area (Å²) in [7, 11) is 0. The van der Waals surface area contributed by atoms with Crippen molar-refractivity contribution < 1.29 is 4.79 Å². The molecule has 25 heavy (non-hydrogen) atoms. The number of thiazole rings is 1. The molecule has 0 aliphatic carbocycles. The number of anilines is 1. The van der Waals surface area contributed by atoms with Crippen LogP contribution in [0.5, 0.6) is 0 Å². The second-order valence-electron chi connectivity index (χ2n) is 5.60. The molecule has 0 radical (unpaired) electrons. The number of carbonyl (C=O) groups excluding carboxylic acids is 1. The van der Waals surface area contributed by atoms with Crippen LogP contribution in [0.4, 0.5) is 5.69 Å². The maximum Gasteiger partial charge on any atom is 0.262 e. The van der Waals surface area contributed by atoms with Gasteiger partial charge in [-0.15, -0.1) is 22.7 Å². The molecule has 0 aliphatic rings. The van der Waals surface area contributed by atoms with Gasteiger partial charge in [-0.1, -0.05) is 0 Å². The van der Waals surface area contributed by atoms with Crippen LogP contribution >= 0.6 is 22.7 Å². The highest BCUT2D eigenvalue weighted by molar-refractivity contribution is 7.18. The van der Waals surface area contributed by atoms with E-state index in [1.165, 1.54) is 22.2 Å². The van der Waals surface area contributed by atoms with E-state index in [2.05, 4.69) is 15.3 Å². The van der Waals surface area contributed by atoms with Crippen molar-refractivity contribution in [1.29, 1.82) is 0 Å². The third-order valence-corrected chi connectivity index (χ3v) is 5.56. The average Bonchev–Trinajstić information content (AvgIpc) is 3.19. The molecule has 3 aromatic heterocycles. The number of rotatable bonds is 4. The molecule has 1 aromatic carbocycles. The largest absolute Gasteiger partial charge is 0.326 e. The van der Waals surface area contributed by atoms with Crippen LogP contribution in [-0.4, -0.2) is 20.4 Å². The average molecular weight is 370 g/mol. The number of hydrogen-bond donors (Lipinski definition) is 1. The van der Waals surface area contributed by atoms with Crippen molar-refractivity contribution in [3.63, 3.8) is 0 Å². The fourth-order valence-corrected chi connectivity index (χ4v) is 4.21. The third-order valence-electron chi connectivity index (χ3n) is 3.81. The number of hydrogen-bond acceptors (Lipinski definition) is 6. The van der Waals surface area contributed by atoms with E-state index >= 15 is 0 Å². The molecule has 3 heterocycles. The molecule has 0 saturated carbocycles. The Morgan fingerprint density at radius 3 is 3.08 bits per heavy atom. The molecule has 6 nitrogen and oxygen atoms in total. The zero-order valence-electron chi connectivity index (χ0n) is 13.4. The number of thiophene rings is 1. The maximum absolute atomic E-state index is 12.3. The highest BCUT2D eigenvalue weighted by Gasteiger charge is 2.09. The molecule has 0 atom stereocenters. The number of nitrogens with one attached hydrogen (secondary N) is 1. The standard InChI is InChI=1S/C17H14N4O2S2/c1-10-19-13-3-2-11(8-14(13)25-10)20-15(22)4-6-21-9-18-16-12(17(21)23)5-7-24-16/h2-3,5,7-9H,4,6H2,1H3,(H,20,22). The van der Waals surface area contributed by atoms with E-state index in [0.29, 0.717) is 11.9 Å². The summed E-state index contributed by atoms with van der Waals surface area (Å²) in [6.45, 7) is 2.25. The Morgan fingerprint density at radius 1 is 1.32 bits per heavy atom. The zero-order valence-corrected chi connectivity index (χ0v) is 15.0. The van der Waals surface area contributed by atoms with E-state index < -0.39 is 0 Å². The van der Waals surface area contributed by atoms with Crippen LogP contribution < -0.4 is 10.9 Å². The van der Waals surface area contributed by atoms with Crippen LogP contribution in [-0.2, 0) is 11.3 Å². The SMILES string of the molecule is Cc1nc2ccc(NC(=O)CCn3cnc4sccc4c3=O)cc2s1. The molecular weight excluding hydrogens is 356 g/mol. The molecule has 8 heteroatoms. The van der Waals surface area contributed by atoms with Gasteiger partial charge in [0.1, 0.15) is 4.83 Å². The molecule has 0 spiro atoms. The summed E-state index contributed by atoms with van der Waals surface area (Å²) >= 11 is 3.02. The van der Waals surface area contributed by atoms with Gasteiger partial charge in [-0.25, -0.2) is 9.97 Å². The van der Waals surface area contributed by atoms with Crippen LogP contribution in [0.1, 0.15) is 11.4 Å². The second kappa shape index (κ2) is 6.38. The van der Waals surface area contributed by atoms with Crippen molar-refractivity contribution in [2.24, 2.45) is 0 Å². The summed E-state index contributed by atoms with van der Waals surface area (Å²) in [4.78, 5) is 33.9. The monoisotopic (exact) mass is 370 g/mol. The Balaban J connectivity index is 1.45. The minimum absolute atomic E-state index is 0.111. The summed E-state index contributed by atoms with van der Waals surface area (Å²) in [5.41, 5.74) is 1.56. The number of aromatic nitrogens is 3. The lowest BCUT2D eigenvalue weighted by Crippen LogP contribution is -2.23. The fraction of sp³-hybridized carbons (Fsp3) is 0.176. The second-order valence-corrected chi connectivity index (χ2v) is 7.73. The van der Waals surface area contributed by atoms with E-state index in [0.717, 1.165) is 25.7 Å². The molecule has 1 N–H and O–H groups in total. The van der Waals surface area contributed by atoms with Gasteiger partial charge >= 0.3 is 0 Å².